The molecule has 0 saturated carbocycles. The second kappa shape index (κ2) is 22.1. The van der Waals surface area contributed by atoms with Gasteiger partial charge in [-0.2, -0.15) is 9.97 Å². The average molecular weight is 878 g/mol. The Balaban J connectivity index is 0.000000265. The lowest BCUT2D eigenvalue weighted by atomic mass is 10.1. The number of aromatic nitrogens is 4. The van der Waals surface area contributed by atoms with E-state index in [0.717, 1.165) is 5.56 Å². The highest BCUT2D eigenvalue weighted by Gasteiger charge is 2.15. The molecule has 0 aliphatic carbocycles. The number of anilines is 7. The van der Waals surface area contributed by atoms with Crippen LogP contribution in [-0.4, -0.2) is 55.7 Å². The van der Waals surface area contributed by atoms with Crippen LogP contribution in [0.4, 0.5) is 51.7 Å². The first-order valence-electron chi connectivity index (χ1n) is 17.0. The van der Waals surface area contributed by atoms with Crippen LogP contribution in [0.15, 0.2) is 97.3 Å². The number of rotatable bonds is 10. The van der Waals surface area contributed by atoms with Gasteiger partial charge in [-0.1, -0.05) is 54.9 Å². The van der Waals surface area contributed by atoms with Crippen molar-refractivity contribution in [2.24, 2.45) is 0 Å². The molecule has 2 aromatic heterocycles. The molecule has 0 aliphatic heterocycles. The van der Waals surface area contributed by atoms with Crippen LogP contribution in [0.5, 0.6) is 0 Å². The predicted molar refractivity (Wildman–Crippen MR) is 235 cm³/mol. The number of nitrogens with two attached hydrogens (primary N) is 1. The summed E-state index contributed by atoms with van der Waals surface area (Å²) in [7, 11) is 3.10. The van der Waals surface area contributed by atoms with Gasteiger partial charge >= 0.3 is 0 Å². The second-order valence-corrected chi connectivity index (χ2v) is 13.2. The number of nitrogen functional groups attached to an aromatic ring is 1. The van der Waals surface area contributed by atoms with Crippen molar-refractivity contribution in [3.8, 4) is 0 Å². The van der Waals surface area contributed by atoms with Crippen LogP contribution in [0.25, 0.3) is 0 Å². The number of nitro groups is 2. The topological polar surface area (TPSA) is 258 Å². The summed E-state index contributed by atoms with van der Waals surface area (Å²) in [5.41, 5.74) is 9.82. The lowest BCUT2D eigenvalue weighted by Crippen LogP contribution is -2.19. The summed E-state index contributed by atoms with van der Waals surface area (Å²) >= 11 is 17.9. The fourth-order valence-electron chi connectivity index (χ4n) is 5.02. The number of non-ortho nitro benzene ring substituents is 2. The molecule has 4 aromatic carbocycles. The number of para-hydroxylation sites is 2. The molecule has 0 bridgehead atoms. The lowest BCUT2D eigenvalue weighted by Gasteiger charge is -2.13. The molecule has 21 heteroatoms. The number of carbonyl (C=O) groups excluding carboxylic acids is 2. The van der Waals surface area contributed by atoms with Crippen molar-refractivity contribution in [3.63, 3.8) is 0 Å². The van der Waals surface area contributed by atoms with Crippen molar-refractivity contribution >= 4 is 98.3 Å². The van der Waals surface area contributed by atoms with E-state index < -0.39 is 9.85 Å². The molecule has 6 rings (SSSR count). The number of aryl methyl sites for hydroxylation is 2. The van der Waals surface area contributed by atoms with Crippen molar-refractivity contribution in [3.05, 3.63) is 155 Å². The van der Waals surface area contributed by atoms with Crippen LogP contribution < -0.4 is 32.3 Å². The molecule has 0 unspecified atom stereocenters. The summed E-state index contributed by atoms with van der Waals surface area (Å²) < 4.78 is 0. The van der Waals surface area contributed by atoms with E-state index in [1.54, 1.807) is 88.6 Å². The number of benzene rings is 4. The number of amides is 2. The summed E-state index contributed by atoms with van der Waals surface area (Å²) in [5.74, 6) is 0.345. The zero-order valence-electron chi connectivity index (χ0n) is 31.6. The largest absolute Gasteiger partial charge is 0.399 e. The van der Waals surface area contributed by atoms with E-state index >= 15 is 0 Å². The van der Waals surface area contributed by atoms with Crippen molar-refractivity contribution < 1.29 is 19.4 Å². The molecule has 0 radical (unpaired) electrons. The fourth-order valence-corrected chi connectivity index (χ4v) is 5.43. The number of nitro benzene ring substituents is 2. The number of hydrogen-bond donors (Lipinski definition) is 6. The molecule has 60 heavy (non-hydrogen) atoms. The van der Waals surface area contributed by atoms with E-state index in [2.05, 4.69) is 46.5 Å². The summed E-state index contributed by atoms with van der Waals surface area (Å²) in [5, 5.41) is 36.0. The van der Waals surface area contributed by atoms with Crippen LogP contribution in [0, 0.1) is 34.1 Å². The van der Waals surface area contributed by atoms with Crippen LogP contribution in [0.1, 0.15) is 39.3 Å². The lowest BCUT2D eigenvalue weighted by molar-refractivity contribution is -0.385. The second-order valence-electron chi connectivity index (χ2n) is 12.0. The molecule has 0 atom stereocenters. The molecule has 2 heterocycles. The third-order valence-corrected chi connectivity index (χ3v) is 8.32. The molecule has 0 aliphatic rings. The van der Waals surface area contributed by atoms with E-state index in [0.29, 0.717) is 50.3 Å². The van der Waals surface area contributed by atoms with Gasteiger partial charge in [0.05, 0.1) is 44.7 Å². The third-order valence-electron chi connectivity index (χ3n) is 7.59. The Morgan fingerprint density at radius 1 is 0.650 bits per heavy atom. The van der Waals surface area contributed by atoms with Crippen molar-refractivity contribution in [1.29, 1.82) is 0 Å². The normalized spacial score (nSPS) is 9.92. The Morgan fingerprint density at radius 2 is 1.12 bits per heavy atom. The minimum absolute atomic E-state index is 0. The first kappa shape index (κ1) is 47.2. The summed E-state index contributed by atoms with van der Waals surface area (Å²) in [4.78, 5) is 60.3. The predicted octanol–water partition coefficient (Wildman–Crippen LogP) is 9.20. The standard InChI is InChI=1S/C19H17ClN6O3.C12H10Cl2N4O.C7H8N2O2.CH4/c1-11-7-12(9-13(8-11)26(28)29)23-19-22-10-15(20)17(25-19)24-16-6-4-3-5-14(16)18(27)21-2;1-15-11(19)7-4-2-3-5-9(7)17-10-8(13)6-16-12(14)18-10;1-5-2-6(8)4-7(3-5)9(10)11;/h3-10H,1-2H3,(H,21,27)(H2,22,23,24,25);2-6H,1H3,(H,15,19)(H,16,17,18);2-4H,8H2,1H3;1H4. The third kappa shape index (κ3) is 13.5. The number of carbonyl (C=O) groups is 2. The van der Waals surface area contributed by atoms with Gasteiger partial charge in [0.2, 0.25) is 11.2 Å². The zero-order valence-corrected chi connectivity index (χ0v) is 33.8. The Labute approximate surface area is 359 Å². The Morgan fingerprint density at radius 3 is 1.62 bits per heavy atom. The zero-order chi connectivity index (χ0) is 43.2. The van der Waals surface area contributed by atoms with Crippen LogP contribution in [0.2, 0.25) is 15.3 Å². The Bertz CT molecular complexity index is 2490. The van der Waals surface area contributed by atoms with Crippen LogP contribution in [-0.2, 0) is 0 Å². The number of nitrogens with zero attached hydrogens (tertiary/aromatic N) is 6. The van der Waals surface area contributed by atoms with Gasteiger partial charge in [-0.05, 0) is 73.0 Å². The van der Waals surface area contributed by atoms with E-state index in [1.165, 1.54) is 36.7 Å². The Kier molecular flexibility index (Phi) is 17.4. The van der Waals surface area contributed by atoms with Gasteiger partial charge in [0.1, 0.15) is 10.0 Å². The molecule has 0 spiro atoms. The highest BCUT2D eigenvalue weighted by atomic mass is 35.5. The molecular formula is C39H39Cl3N12O6. The molecule has 312 valence electrons. The average Bonchev–Trinajstić information content (AvgIpc) is 3.20. The molecule has 0 saturated heterocycles. The summed E-state index contributed by atoms with van der Waals surface area (Å²) in [6, 6.07) is 23.0. The Hall–Kier alpha value is -7.15. The molecular weight excluding hydrogens is 839 g/mol. The number of nitrogens with one attached hydrogen (secondary N) is 5. The van der Waals surface area contributed by atoms with E-state index in [-0.39, 0.29) is 52.7 Å². The minimum atomic E-state index is -0.469. The minimum Gasteiger partial charge on any atom is -0.399 e. The van der Waals surface area contributed by atoms with Crippen molar-refractivity contribution in [2.75, 3.05) is 35.8 Å². The maximum absolute atomic E-state index is 12.1. The number of halogens is 3. The summed E-state index contributed by atoms with van der Waals surface area (Å²) in [6.07, 6.45) is 2.79. The first-order valence-corrected chi connectivity index (χ1v) is 18.1. The molecule has 6 aromatic rings. The van der Waals surface area contributed by atoms with Gasteiger partial charge in [-0.15, -0.1) is 0 Å². The highest BCUT2D eigenvalue weighted by Crippen LogP contribution is 2.29. The monoisotopic (exact) mass is 876 g/mol. The molecule has 0 fully saturated rings. The molecule has 2 amide bonds. The van der Waals surface area contributed by atoms with E-state index in [1.807, 2.05) is 0 Å². The molecule has 7 N–H and O–H groups in total. The van der Waals surface area contributed by atoms with Gasteiger partial charge in [0, 0.05) is 49.7 Å². The van der Waals surface area contributed by atoms with E-state index in [9.17, 15) is 29.8 Å². The van der Waals surface area contributed by atoms with Gasteiger partial charge in [0.15, 0.2) is 11.6 Å². The highest BCUT2D eigenvalue weighted by molar-refractivity contribution is 6.34. The van der Waals surface area contributed by atoms with Crippen molar-refractivity contribution in [1.82, 2.24) is 30.6 Å². The molecule has 18 nitrogen and oxygen atoms in total. The van der Waals surface area contributed by atoms with E-state index in [4.69, 9.17) is 40.5 Å². The first-order chi connectivity index (χ1) is 28.1. The van der Waals surface area contributed by atoms with Gasteiger partial charge in [-0.3, -0.25) is 29.8 Å². The fraction of sp³-hybridized carbons (Fsp3) is 0.128. The van der Waals surface area contributed by atoms with Crippen LogP contribution >= 0.6 is 34.8 Å². The van der Waals surface area contributed by atoms with Crippen LogP contribution in [0.3, 0.4) is 0 Å². The quantitative estimate of drug-likeness (QED) is 0.0325. The maximum atomic E-state index is 12.1. The van der Waals surface area contributed by atoms with Gasteiger partial charge in [0.25, 0.3) is 23.2 Å². The van der Waals surface area contributed by atoms with Gasteiger partial charge in [-0.25, -0.2) is 9.97 Å². The smallest absolute Gasteiger partial charge is 0.271 e. The van der Waals surface area contributed by atoms with Crippen molar-refractivity contribution in [2.45, 2.75) is 21.3 Å². The summed E-state index contributed by atoms with van der Waals surface area (Å²) in [6.45, 7) is 3.52. The number of hydrogen-bond acceptors (Lipinski definition) is 14. The van der Waals surface area contributed by atoms with Gasteiger partial charge < -0.3 is 32.3 Å². The maximum Gasteiger partial charge on any atom is 0.271 e. The SMILES string of the molecule is C.CNC(=O)c1ccccc1Nc1nc(Cl)ncc1Cl.CNC(=O)c1ccccc1Nc1nc(Nc2cc(C)cc([N+](=O)[O-])c2)ncc1Cl.Cc1cc(N)cc([N+](=O)[O-])c1.